The van der Waals surface area contributed by atoms with Crippen molar-refractivity contribution in [2.45, 2.75) is 18.9 Å². The summed E-state index contributed by atoms with van der Waals surface area (Å²) in [4.78, 5) is 2.60. The van der Waals surface area contributed by atoms with E-state index in [1.807, 2.05) is 6.07 Å². The van der Waals surface area contributed by atoms with E-state index in [4.69, 9.17) is 9.47 Å². The number of nitrogens with one attached hydrogen (secondary N) is 1. The third kappa shape index (κ3) is 3.20. The summed E-state index contributed by atoms with van der Waals surface area (Å²) in [6.07, 6.45) is 2.63. The summed E-state index contributed by atoms with van der Waals surface area (Å²) in [6.45, 7) is 4.34. The number of methoxy groups -OCH3 is 2. The van der Waals surface area contributed by atoms with Gasteiger partial charge in [-0.3, -0.25) is 4.90 Å². The number of piperazine rings is 1. The molecule has 1 heterocycles. The van der Waals surface area contributed by atoms with Crippen LogP contribution in [-0.2, 0) is 0 Å². The Labute approximate surface area is 134 Å². The highest BCUT2D eigenvalue weighted by atomic mass is 79.9. The van der Waals surface area contributed by atoms with E-state index in [1.54, 1.807) is 14.2 Å². The lowest BCUT2D eigenvalue weighted by atomic mass is 9.98. The molecule has 1 saturated heterocycles. The van der Waals surface area contributed by atoms with Crippen LogP contribution in [0.5, 0.6) is 11.5 Å². The van der Waals surface area contributed by atoms with E-state index < -0.39 is 0 Å². The van der Waals surface area contributed by atoms with Crippen LogP contribution in [0.15, 0.2) is 16.6 Å². The topological polar surface area (TPSA) is 33.7 Å². The molecule has 21 heavy (non-hydrogen) atoms. The normalized spacial score (nSPS) is 21.1. The molecule has 5 heteroatoms. The van der Waals surface area contributed by atoms with Crippen LogP contribution in [0.2, 0.25) is 0 Å². The third-order valence-corrected chi connectivity index (χ3v) is 5.06. The molecule has 1 N–H and O–H groups in total. The van der Waals surface area contributed by atoms with E-state index in [2.05, 4.69) is 32.2 Å². The minimum absolute atomic E-state index is 0.448. The van der Waals surface area contributed by atoms with Gasteiger partial charge in [0.25, 0.3) is 0 Å². The van der Waals surface area contributed by atoms with Crippen molar-refractivity contribution in [3.63, 3.8) is 0 Å². The van der Waals surface area contributed by atoms with Gasteiger partial charge in [0.15, 0.2) is 0 Å². The second-order valence-electron chi connectivity index (χ2n) is 5.80. The lowest BCUT2D eigenvalue weighted by molar-refractivity contribution is 0.153. The highest BCUT2D eigenvalue weighted by molar-refractivity contribution is 9.10. The third-order valence-electron chi connectivity index (χ3n) is 4.44. The SMILES string of the molecule is COc1cc([C@@H](C2CC2)N2CCNCC2)c(OC)cc1Br. The number of nitrogens with zero attached hydrogens (tertiary/aromatic N) is 1. The minimum Gasteiger partial charge on any atom is -0.496 e. The van der Waals surface area contributed by atoms with E-state index in [9.17, 15) is 0 Å². The highest BCUT2D eigenvalue weighted by Gasteiger charge is 2.38. The van der Waals surface area contributed by atoms with Crippen LogP contribution in [0.25, 0.3) is 0 Å². The molecule has 0 amide bonds. The van der Waals surface area contributed by atoms with Crippen molar-refractivity contribution in [1.82, 2.24) is 10.2 Å². The average molecular weight is 355 g/mol. The smallest absolute Gasteiger partial charge is 0.133 e. The quantitative estimate of drug-likeness (QED) is 0.881. The Kier molecular flexibility index (Phi) is 4.72. The molecule has 4 nitrogen and oxygen atoms in total. The van der Waals surface area contributed by atoms with Gasteiger partial charge in [-0.15, -0.1) is 0 Å². The standard InChI is InChI=1S/C16H23BrN2O2/c1-20-14-10-13(17)15(21-2)9-12(14)16(11-3-4-11)19-7-5-18-6-8-19/h9-11,16,18H,3-8H2,1-2H3/t16-/m1/s1. The minimum atomic E-state index is 0.448. The maximum atomic E-state index is 5.65. The molecule has 0 spiro atoms. The van der Waals surface area contributed by atoms with E-state index in [0.717, 1.165) is 48.1 Å². The number of ether oxygens (including phenoxy) is 2. The van der Waals surface area contributed by atoms with E-state index in [0.29, 0.717) is 6.04 Å². The van der Waals surface area contributed by atoms with Crippen molar-refractivity contribution >= 4 is 15.9 Å². The largest absolute Gasteiger partial charge is 0.496 e. The molecule has 1 aliphatic heterocycles. The summed E-state index contributed by atoms with van der Waals surface area (Å²) in [5, 5.41) is 3.44. The summed E-state index contributed by atoms with van der Waals surface area (Å²) in [6, 6.07) is 4.63. The molecule has 0 unspecified atom stereocenters. The van der Waals surface area contributed by atoms with Gasteiger partial charge < -0.3 is 14.8 Å². The molecule has 2 fully saturated rings. The number of benzene rings is 1. The molecule has 0 radical (unpaired) electrons. The van der Waals surface area contributed by atoms with Crippen molar-refractivity contribution in [1.29, 1.82) is 0 Å². The van der Waals surface area contributed by atoms with Crippen LogP contribution < -0.4 is 14.8 Å². The molecule has 1 aromatic carbocycles. The second kappa shape index (κ2) is 6.55. The Morgan fingerprint density at radius 1 is 1.14 bits per heavy atom. The number of halogens is 1. The average Bonchev–Trinajstić information content (AvgIpc) is 3.34. The van der Waals surface area contributed by atoms with E-state index >= 15 is 0 Å². The fourth-order valence-electron chi connectivity index (χ4n) is 3.24. The van der Waals surface area contributed by atoms with Gasteiger partial charge in [-0.25, -0.2) is 0 Å². The molecule has 0 aromatic heterocycles. The van der Waals surface area contributed by atoms with Crippen LogP contribution in [0.3, 0.4) is 0 Å². The summed E-state index contributed by atoms with van der Waals surface area (Å²) < 4.78 is 12.1. The van der Waals surface area contributed by atoms with Crippen LogP contribution in [0.4, 0.5) is 0 Å². The predicted octanol–water partition coefficient (Wildman–Crippen LogP) is 2.82. The fraction of sp³-hybridized carbons (Fsp3) is 0.625. The molecular formula is C16H23BrN2O2. The molecule has 1 atom stereocenters. The van der Waals surface area contributed by atoms with Crippen LogP contribution in [0, 0.1) is 5.92 Å². The Balaban J connectivity index is 1.97. The van der Waals surface area contributed by atoms with Gasteiger partial charge in [-0.1, -0.05) is 0 Å². The summed E-state index contributed by atoms with van der Waals surface area (Å²) >= 11 is 3.55. The molecule has 1 aromatic rings. The van der Waals surface area contributed by atoms with Crippen molar-refractivity contribution in [2.24, 2.45) is 5.92 Å². The van der Waals surface area contributed by atoms with E-state index in [-0.39, 0.29) is 0 Å². The van der Waals surface area contributed by atoms with Gasteiger partial charge in [0.2, 0.25) is 0 Å². The zero-order valence-corrected chi connectivity index (χ0v) is 14.3. The first-order valence-electron chi connectivity index (χ1n) is 7.60. The molecular weight excluding hydrogens is 332 g/mol. The first-order chi connectivity index (χ1) is 10.2. The first-order valence-corrected chi connectivity index (χ1v) is 8.40. The Morgan fingerprint density at radius 3 is 2.38 bits per heavy atom. The molecule has 1 saturated carbocycles. The van der Waals surface area contributed by atoms with Gasteiger partial charge in [-0.05, 0) is 46.8 Å². The van der Waals surface area contributed by atoms with Gasteiger partial charge in [0.1, 0.15) is 11.5 Å². The van der Waals surface area contributed by atoms with Gasteiger partial charge in [-0.2, -0.15) is 0 Å². The van der Waals surface area contributed by atoms with E-state index in [1.165, 1.54) is 18.4 Å². The maximum Gasteiger partial charge on any atom is 0.133 e. The van der Waals surface area contributed by atoms with Gasteiger partial charge >= 0.3 is 0 Å². The number of hydrogen-bond donors (Lipinski definition) is 1. The van der Waals surface area contributed by atoms with Crippen molar-refractivity contribution in [3.8, 4) is 11.5 Å². The molecule has 1 aliphatic carbocycles. The molecule has 0 bridgehead atoms. The monoisotopic (exact) mass is 354 g/mol. The fourth-order valence-corrected chi connectivity index (χ4v) is 3.72. The lowest BCUT2D eigenvalue weighted by Gasteiger charge is -2.36. The van der Waals surface area contributed by atoms with Gasteiger partial charge in [0, 0.05) is 37.8 Å². The summed E-state index contributed by atoms with van der Waals surface area (Å²) in [5.74, 6) is 2.59. The Hall–Kier alpha value is -0.780. The molecule has 3 rings (SSSR count). The maximum absolute atomic E-state index is 5.65. The summed E-state index contributed by atoms with van der Waals surface area (Å²) in [5.41, 5.74) is 1.27. The van der Waals surface area contributed by atoms with Crippen molar-refractivity contribution < 1.29 is 9.47 Å². The zero-order chi connectivity index (χ0) is 14.8. The lowest BCUT2D eigenvalue weighted by Crippen LogP contribution is -2.45. The predicted molar refractivity (Wildman–Crippen MR) is 87.2 cm³/mol. The second-order valence-corrected chi connectivity index (χ2v) is 6.65. The Morgan fingerprint density at radius 2 is 1.81 bits per heavy atom. The van der Waals surface area contributed by atoms with Crippen molar-refractivity contribution in [2.75, 3.05) is 40.4 Å². The Bertz CT molecular complexity index is 499. The molecule has 116 valence electrons. The number of rotatable bonds is 5. The molecule has 2 aliphatic rings. The first kappa shape index (κ1) is 15.1. The van der Waals surface area contributed by atoms with Gasteiger partial charge in [0.05, 0.1) is 18.7 Å². The zero-order valence-electron chi connectivity index (χ0n) is 12.7. The number of hydrogen-bond acceptors (Lipinski definition) is 4. The summed E-state index contributed by atoms with van der Waals surface area (Å²) in [7, 11) is 3.47. The van der Waals surface area contributed by atoms with Crippen LogP contribution >= 0.6 is 15.9 Å². The van der Waals surface area contributed by atoms with Crippen LogP contribution in [0.1, 0.15) is 24.4 Å². The van der Waals surface area contributed by atoms with Crippen molar-refractivity contribution in [3.05, 3.63) is 22.2 Å². The highest BCUT2D eigenvalue weighted by Crippen LogP contribution is 2.48. The van der Waals surface area contributed by atoms with Crippen LogP contribution in [-0.4, -0.2) is 45.3 Å².